The van der Waals surface area contributed by atoms with Gasteiger partial charge in [0.25, 0.3) is 0 Å². The first-order chi connectivity index (χ1) is 7.74. The molecule has 1 aromatic carbocycles. The molecule has 0 aliphatic carbocycles. The Hall–Kier alpha value is -1.87. The molecule has 0 radical (unpaired) electrons. The van der Waals surface area contributed by atoms with Crippen LogP contribution in [0.5, 0.6) is 0 Å². The maximum atomic E-state index is 10.8. The number of aldehydes is 1. The van der Waals surface area contributed by atoms with Gasteiger partial charge in [-0.05, 0) is 18.6 Å². The van der Waals surface area contributed by atoms with Crippen molar-refractivity contribution < 1.29 is 14.3 Å². The van der Waals surface area contributed by atoms with Crippen LogP contribution in [0.4, 0.5) is 0 Å². The number of aryl methyl sites for hydroxylation is 1. The summed E-state index contributed by atoms with van der Waals surface area (Å²) in [5.74, 6) is 0.660. The van der Waals surface area contributed by atoms with E-state index in [4.69, 9.17) is 9.52 Å². The van der Waals surface area contributed by atoms with Crippen LogP contribution in [0.1, 0.15) is 21.9 Å². The van der Waals surface area contributed by atoms with E-state index in [1.165, 1.54) is 0 Å². The Labute approximate surface area is 93.3 Å². The van der Waals surface area contributed by atoms with E-state index in [2.05, 4.69) is 0 Å². The minimum atomic E-state index is -0.202. The molecule has 0 bridgehead atoms. The van der Waals surface area contributed by atoms with Crippen LogP contribution in [0.25, 0.3) is 11.1 Å². The summed E-state index contributed by atoms with van der Waals surface area (Å²) in [6.07, 6.45) is 0.664. The number of rotatable bonds is 3. The molecule has 1 N–H and O–H groups in total. The zero-order valence-corrected chi connectivity index (χ0v) is 8.93. The van der Waals surface area contributed by atoms with Crippen LogP contribution in [-0.4, -0.2) is 11.4 Å². The van der Waals surface area contributed by atoms with Crippen molar-refractivity contribution in [2.45, 2.75) is 13.5 Å². The maximum Gasteiger partial charge on any atom is 0.185 e. The lowest BCUT2D eigenvalue weighted by atomic mass is 10.0. The molecule has 0 fully saturated rings. The molecule has 0 saturated heterocycles. The van der Waals surface area contributed by atoms with Gasteiger partial charge in [-0.15, -0.1) is 0 Å². The van der Waals surface area contributed by atoms with Gasteiger partial charge in [-0.3, -0.25) is 4.79 Å². The highest BCUT2D eigenvalue weighted by Crippen LogP contribution is 2.26. The van der Waals surface area contributed by atoms with Gasteiger partial charge in [-0.25, -0.2) is 0 Å². The second kappa shape index (κ2) is 4.33. The Bertz CT molecular complexity index is 512. The van der Waals surface area contributed by atoms with E-state index >= 15 is 0 Å². The van der Waals surface area contributed by atoms with E-state index in [-0.39, 0.29) is 12.4 Å². The van der Waals surface area contributed by atoms with Crippen molar-refractivity contribution in [3.8, 4) is 11.1 Å². The summed E-state index contributed by atoms with van der Waals surface area (Å²) in [5, 5.41) is 8.96. The fourth-order valence-corrected chi connectivity index (χ4v) is 1.66. The standard InChI is InChI=1S/C13H12O3/c1-9-3-2-4-10(5-9)12-6-11(7-14)16-13(12)8-15/h2-6,8,14H,7H2,1H3. The summed E-state index contributed by atoms with van der Waals surface area (Å²) in [7, 11) is 0. The van der Waals surface area contributed by atoms with Gasteiger partial charge in [0.15, 0.2) is 12.0 Å². The normalized spacial score (nSPS) is 10.4. The van der Waals surface area contributed by atoms with Crippen LogP contribution in [0.3, 0.4) is 0 Å². The summed E-state index contributed by atoms with van der Waals surface area (Å²) in [4.78, 5) is 10.8. The first-order valence-electron chi connectivity index (χ1n) is 5.00. The minimum absolute atomic E-state index is 0.202. The maximum absolute atomic E-state index is 10.8. The first-order valence-corrected chi connectivity index (χ1v) is 5.00. The summed E-state index contributed by atoms with van der Waals surface area (Å²) in [6, 6.07) is 9.48. The van der Waals surface area contributed by atoms with Gasteiger partial charge in [0.2, 0.25) is 0 Å². The lowest BCUT2D eigenvalue weighted by Gasteiger charge is -1.99. The summed E-state index contributed by atoms with van der Waals surface area (Å²) < 4.78 is 5.19. The molecular formula is C13H12O3. The van der Waals surface area contributed by atoms with Crippen molar-refractivity contribution in [1.82, 2.24) is 0 Å². The number of hydrogen-bond donors (Lipinski definition) is 1. The molecule has 0 aliphatic rings. The molecule has 3 nitrogen and oxygen atoms in total. The van der Waals surface area contributed by atoms with Gasteiger partial charge in [0.05, 0.1) is 0 Å². The third-order valence-corrected chi connectivity index (χ3v) is 2.40. The number of benzene rings is 1. The lowest BCUT2D eigenvalue weighted by Crippen LogP contribution is -1.82. The average molecular weight is 216 g/mol. The lowest BCUT2D eigenvalue weighted by molar-refractivity contribution is 0.109. The zero-order valence-electron chi connectivity index (χ0n) is 8.93. The van der Waals surface area contributed by atoms with E-state index in [0.717, 1.165) is 16.7 Å². The quantitative estimate of drug-likeness (QED) is 0.802. The molecule has 1 aromatic heterocycles. The topological polar surface area (TPSA) is 50.4 Å². The molecule has 82 valence electrons. The summed E-state index contributed by atoms with van der Waals surface area (Å²) in [6.45, 7) is 1.78. The average Bonchev–Trinajstić information content (AvgIpc) is 2.72. The Balaban J connectivity index is 2.54. The summed E-state index contributed by atoms with van der Waals surface area (Å²) in [5.41, 5.74) is 2.76. The molecule has 0 spiro atoms. The highest BCUT2D eigenvalue weighted by atomic mass is 16.4. The molecule has 1 heterocycles. The Morgan fingerprint density at radius 3 is 2.81 bits per heavy atom. The molecule has 2 aromatic rings. The van der Waals surface area contributed by atoms with E-state index in [0.29, 0.717) is 12.0 Å². The van der Waals surface area contributed by atoms with Crippen molar-refractivity contribution >= 4 is 6.29 Å². The van der Waals surface area contributed by atoms with Crippen LogP contribution >= 0.6 is 0 Å². The zero-order chi connectivity index (χ0) is 11.5. The first kappa shape index (κ1) is 10.6. The van der Waals surface area contributed by atoms with Crippen molar-refractivity contribution in [2.75, 3.05) is 0 Å². The van der Waals surface area contributed by atoms with E-state index in [9.17, 15) is 4.79 Å². The van der Waals surface area contributed by atoms with E-state index in [1.807, 2.05) is 31.2 Å². The number of furan rings is 1. The van der Waals surface area contributed by atoms with Crippen molar-refractivity contribution in [1.29, 1.82) is 0 Å². The monoisotopic (exact) mass is 216 g/mol. The predicted octanol–water partition coefficient (Wildman–Crippen LogP) is 2.56. The van der Waals surface area contributed by atoms with Crippen molar-refractivity contribution in [2.24, 2.45) is 0 Å². The number of carbonyl (C=O) groups excluding carboxylic acids is 1. The van der Waals surface area contributed by atoms with Gasteiger partial charge in [0.1, 0.15) is 12.4 Å². The molecule has 2 rings (SSSR count). The molecule has 0 atom stereocenters. The number of hydrogen-bond acceptors (Lipinski definition) is 3. The Morgan fingerprint density at radius 2 is 2.19 bits per heavy atom. The van der Waals surface area contributed by atoms with E-state index in [1.54, 1.807) is 6.07 Å². The Morgan fingerprint density at radius 1 is 1.38 bits per heavy atom. The molecule has 0 saturated carbocycles. The van der Waals surface area contributed by atoms with Crippen LogP contribution < -0.4 is 0 Å². The van der Waals surface area contributed by atoms with Crippen LogP contribution in [-0.2, 0) is 6.61 Å². The SMILES string of the molecule is Cc1cccc(-c2cc(CO)oc2C=O)c1. The van der Waals surface area contributed by atoms with Gasteiger partial charge < -0.3 is 9.52 Å². The smallest absolute Gasteiger partial charge is 0.185 e. The second-order valence-corrected chi connectivity index (χ2v) is 3.64. The fourth-order valence-electron chi connectivity index (χ4n) is 1.66. The number of aliphatic hydroxyl groups is 1. The fraction of sp³-hybridized carbons (Fsp3) is 0.154. The summed E-state index contributed by atoms with van der Waals surface area (Å²) >= 11 is 0. The number of aliphatic hydroxyl groups excluding tert-OH is 1. The third kappa shape index (κ3) is 1.90. The highest BCUT2D eigenvalue weighted by Gasteiger charge is 2.11. The van der Waals surface area contributed by atoms with Crippen molar-refractivity contribution in [3.63, 3.8) is 0 Å². The largest absolute Gasteiger partial charge is 0.455 e. The molecule has 0 amide bonds. The molecule has 0 aliphatic heterocycles. The highest BCUT2D eigenvalue weighted by molar-refractivity contribution is 5.84. The molecular weight excluding hydrogens is 204 g/mol. The molecule has 0 unspecified atom stereocenters. The van der Waals surface area contributed by atoms with Crippen LogP contribution in [0.15, 0.2) is 34.7 Å². The number of carbonyl (C=O) groups is 1. The minimum Gasteiger partial charge on any atom is -0.455 e. The third-order valence-electron chi connectivity index (χ3n) is 2.40. The molecule has 16 heavy (non-hydrogen) atoms. The predicted molar refractivity (Wildman–Crippen MR) is 60.2 cm³/mol. The second-order valence-electron chi connectivity index (χ2n) is 3.64. The van der Waals surface area contributed by atoms with Gasteiger partial charge in [-0.2, -0.15) is 0 Å². The van der Waals surface area contributed by atoms with Crippen molar-refractivity contribution in [3.05, 3.63) is 47.4 Å². The van der Waals surface area contributed by atoms with Gasteiger partial charge in [0, 0.05) is 5.56 Å². The molecule has 3 heteroatoms. The van der Waals surface area contributed by atoms with Gasteiger partial charge in [-0.1, -0.05) is 29.8 Å². The Kier molecular flexibility index (Phi) is 2.88. The van der Waals surface area contributed by atoms with E-state index < -0.39 is 0 Å². The van der Waals surface area contributed by atoms with Gasteiger partial charge >= 0.3 is 0 Å². The van der Waals surface area contributed by atoms with Crippen LogP contribution in [0, 0.1) is 6.92 Å². The van der Waals surface area contributed by atoms with Crippen LogP contribution in [0.2, 0.25) is 0 Å².